The summed E-state index contributed by atoms with van der Waals surface area (Å²) in [6, 6.07) is 3.33. The Morgan fingerprint density at radius 2 is 1.67 bits per heavy atom. The number of halogens is 5. The number of benzene rings is 1. The lowest BCUT2D eigenvalue weighted by molar-refractivity contribution is -0.137. The maximum absolute atomic E-state index is 12.5. The average Bonchev–Trinajstić information content (AvgIpc) is 2.62. The topological polar surface area (TPSA) is 28.7 Å². The number of aryl methyl sites for hydroxylation is 1. The molecule has 0 aliphatic heterocycles. The molecular formula is C11H7Cl2F3N2. The van der Waals surface area contributed by atoms with E-state index < -0.39 is 11.7 Å². The summed E-state index contributed by atoms with van der Waals surface area (Å²) in [5.41, 5.74) is 0.581. The van der Waals surface area contributed by atoms with E-state index in [0.717, 1.165) is 17.8 Å². The summed E-state index contributed by atoms with van der Waals surface area (Å²) in [5, 5.41) is 6.44. The molecule has 0 aliphatic rings. The van der Waals surface area contributed by atoms with Crippen LogP contribution in [-0.4, -0.2) is 10.2 Å². The van der Waals surface area contributed by atoms with Crippen LogP contribution in [0.1, 0.15) is 11.3 Å². The molecule has 0 fully saturated rings. The van der Waals surface area contributed by atoms with Crippen LogP contribution in [0.3, 0.4) is 0 Å². The van der Waals surface area contributed by atoms with Crippen LogP contribution in [0.25, 0.3) is 11.3 Å². The molecule has 1 aromatic carbocycles. The molecule has 0 saturated heterocycles. The largest absolute Gasteiger partial charge is 0.416 e. The van der Waals surface area contributed by atoms with E-state index in [9.17, 15) is 13.2 Å². The lowest BCUT2D eigenvalue weighted by atomic mass is 10.1. The molecule has 18 heavy (non-hydrogen) atoms. The molecule has 0 bridgehead atoms. The van der Waals surface area contributed by atoms with Crippen LogP contribution >= 0.6 is 23.2 Å². The fraction of sp³-hybridized carbons (Fsp3) is 0.182. The van der Waals surface area contributed by atoms with Gasteiger partial charge < -0.3 is 0 Å². The highest BCUT2D eigenvalue weighted by Gasteiger charge is 2.32. The zero-order valence-electron chi connectivity index (χ0n) is 9.07. The standard InChI is InChI=1S/C11H7Cl2F3N2/c1-5-2-9(18-17-5)10-7(12)3-6(4-8(10)13)11(14,15)16/h2-4H,1H3,(H,17,18). The third kappa shape index (κ3) is 2.47. The molecule has 2 rings (SSSR count). The summed E-state index contributed by atoms with van der Waals surface area (Å²) in [4.78, 5) is 0. The van der Waals surface area contributed by atoms with E-state index in [2.05, 4.69) is 10.2 Å². The molecule has 1 heterocycles. The second kappa shape index (κ2) is 4.48. The third-order valence-electron chi connectivity index (χ3n) is 2.33. The molecule has 0 atom stereocenters. The Balaban J connectivity index is 2.58. The summed E-state index contributed by atoms with van der Waals surface area (Å²) in [5.74, 6) is 0. The molecule has 2 nitrogen and oxygen atoms in total. The first-order chi connectivity index (χ1) is 8.29. The van der Waals surface area contributed by atoms with Gasteiger partial charge in [0.15, 0.2) is 0 Å². The summed E-state index contributed by atoms with van der Waals surface area (Å²) >= 11 is 11.7. The van der Waals surface area contributed by atoms with Gasteiger partial charge in [0.2, 0.25) is 0 Å². The maximum Gasteiger partial charge on any atom is 0.416 e. The van der Waals surface area contributed by atoms with Crippen molar-refractivity contribution in [2.45, 2.75) is 13.1 Å². The predicted octanol–water partition coefficient (Wildman–Crippen LogP) is 4.71. The van der Waals surface area contributed by atoms with Crippen LogP contribution in [0.2, 0.25) is 10.0 Å². The van der Waals surface area contributed by atoms with Crippen LogP contribution in [0.4, 0.5) is 13.2 Å². The Morgan fingerprint density at radius 3 is 2.06 bits per heavy atom. The number of aromatic amines is 1. The fourth-order valence-electron chi connectivity index (χ4n) is 1.53. The average molecular weight is 295 g/mol. The highest BCUT2D eigenvalue weighted by atomic mass is 35.5. The summed E-state index contributed by atoms with van der Waals surface area (Å²) in [6.07, 6.45) is -4.48. The van der Waals surface area contributed by atoms with E-state index in [-0.39, 0.29) is 15.6 Å². The molecule has 1 N–H and O–H groups in total. The summed E-state index contributed by atoms with van der Waals surface area (Å²) < 4.78 is 37.6. The quantitative estimate of drug-likeness (QED) is 0.811. The maximum atomic E-state index is 12.5. The first kappa shape index (κ1) is 13.2. The minimum absolute atomic E-state index is 0.0821. The van der Waals surface area contributed by atoms with Gasteiger partial charge in [0.1, 0.15) is 0 Å². The van der Waals surface area contributed by atoms with Gasteiger partial charge >= 0.3 is 6.18 Å². The number of nitrogens with zero attached hydrogens (tertiary/aromatic N) is 1. The number of alkyl halides is 3. The summed E-state index contributed by atoms with van der Waals surface area (Å²) in [7, 11) is 0. The molecule has 2 aromatic rings. The number of hydrogen-bond acceptors (Lipinski definition) is 1. The van der Waals surface area contributed by atoms with Crippen LogP contribution in [-0.2, 0) is 6.18 Å². The van der Waals surface area contributed by atoms with Gasteiger partial charge in [0.05, 0.1) is 21.3 Å². The van der Waals surface area contributed by atoms with E-state index in [4.69, 9.17) is 23.2 Å². The molecule has 7 heteroatoms. The number of hydrogen-bond donors (Lipinski definition) is 1. The summed E-state index contributed by atoms with van der Waals surface area (Å²) in [6.45, 7) is 1.77. The first-order valence-electron chi connectivity index (χ1n) is 4.87. The zero-order chi connectivity index (χ0) is 13.5. The number of nitrogens with one attached hydrogen (secondary N) is 1. The van der Waals surface area contributed by atoms with Crippen molar-refractivity contribution in [1.29, 1.82) is 0 Å². The van der Waals surface area contributed by atoms with Crippen molar-refractivity contribution in [3.8, 4) is 11.3 Å². The predicted molar refractivity (Wildman–Crippen MR) is 63.8 cm³/mol. The monoisotopic (exact) mass is 294 g/mol. The van der Waals surface area contributed by atoms with Gasteiger partial charge in [-0.15, -0.1) is 0 Å². The minimum Gasteiger partial charge on any atom is -0.282 e. The van der Waals surface area contributed by atoms with E-state index >= 15 is 0 Å². The van der Waals surface area contributed by atoms with E-state index in [1.807, 2.05) is 0 Å². The van der Waals surface area contributed by atoms with E-state index in [1.54, 1.807) is 13.0 Å². The van der Waals surface area contributed by atoms with Crippen molar-refractivity contribution in [2.24, 2.45) is 0 Å². The Morgan fingerprint density at radius 1 is 1.11 bits per heavy atom. The van der Waals surface area contributed by atoms with Crippen molar-refractivity contribution in [2.75, 3.05) is 0 Å². The molecular weight excluding hydrogens is 288 g/mol. The molecule has 0 unspecified atom stereocenters. The van der Waals surface area contributed by atoms with Gasteiger partial charge in [-0.3, -0.25) is 5.10 Å². The van der Waals surface area contributed by atoms with Crippen LogP contribution in [0.15, 0.2) is 18.2 Å². The van der Waals surface area contributed by atoms with Crippen LogP contribution in [0, 0.1) is 6.92 Å². The lowest BCUT2D eigenvalue weighted by Gasteiger charge is -2.10. The van der Waals surface area contributed by atoms with Gasteiger partial charge in [-0.25, -0.2) is 0 Å². The number of H-pyrrole nitrogens is 1. The first-order valence-corrected chi connectivity index (χ1v) is 5.63. The number of rotatable bonds is 1. The van der Waals surface area contributed by atoms with Crippen molar-refractivity contribution in [3.05, 3.63) is 39.5 Å². The highest BCUT2D eigenvalue weighted by Crippen LogP contribution is 2.39. The third-order valence-corrected chi connectivity index (χ3v) is 2.93. The molecule has 96 valence electrons. The van der Waals surface area contributed by atoms with E-state index in [0.29, 0.717) is 5.69 Å². The second-order valence-corrected chi connectivity index (χ2v) is 4.56. The molecule has 0 amide bonds. The highest BCUT2D eigenvalue weighted by molar-refractivity contribution is 6.39. The zero-order valence-corrected chi connectivity index (χ0v) is 10.6. The van der Waals surface area contributed by atoms with Crippen molar-refractivity contribution in [3.63, 3.8) is 0 Å². The Labute approximate surface area is 111 Å². The number of aromatic nitrogens is 2. The van der Waals surface area contributed by atoms with Crippen LogP contribution < -0.4 is 0 Å². The van der Waals surface area contributed by atoms with Gasteiger partial charge in [-0.1, -0.05) is 23.2 Å². The van der Waals surface area contributed by atoms with Crippen molar-refractivity contribution < 1.29 is 13.2 Å². The van der Waals surface area contributed by atoms with Gasteiger partial charge in [0.25, 0.3) is 0 Å². The Kier molecular flexibility index (Phi) is 3.29. The second-order valence-electron chi connectivity index (χ2n) is 3.75. The van der Waals surface area contributed by atoms with Crippen molar-refractivity contribution >= 4 is 23.2 Å². The molecule has 1 aromatic heterocycles. The van der Waals surface area contributed by atoms with Crippen molar-refractivity contribution in [1.82, 2.24) is 10.2 Å². The molecule has 0 aliphatic carbocycles. The van der Waals surface area contributed by atoms with E-state index in [1.165, 1.54) is 0 Å². The molecule has 0 spiro atoms. The Bertz CT molecular complexity index is 567. The van der Waals surface area contributed by atoms with Crippen LogP contribution in [0.5, 0.6) is 0 Å². The van der Waals surface area contributed by atoms with Gasteiger partial charge in [0, 0.05) is 11.3 Å². The smallest absolute Gasteiger partial charge is 0.282 e. The molecule has 0 saturated carbocycles. The minimum atomic E-state index is -4.48. The normalized spacial score (nSPS) is 11.9. The SMILES string of the molecule is Cc1cc(-c2c(Cl)cc(C(F)(F)F)cc2Cl)n[nH]1. The Hall–Kier alpha value is -1.20. The fourth-order valence-corrected chi connectivity index (χ4v) is 2.21. The molecule has 0 radical (unpaired) electrons. The van der Waals surface area contributed by atoms with Gasteiger partial charge in [-0.2, -0.15) is 18.3 Å². The lowest BCUT2D eigenvalue weighted by Crippen LogP contribution is -2.05. The van der Waals surface area contributed by atoms with Gasteiger partial charge in [-0.05, 0) is 25.1 Å².